The summed E-state index contributed by atoms with van der Waals surface area (Å²) in [5.74, 6) is -0.553. The highest BCUT2D eigenvalue weighted by atomic mass is 32.2. The average molecular weight is 634 g/mol. The van der Waals surface area contributed by atoms with Crippen LogP contribution < -0.4 is 10.0 Å². The van der Waals surface area contributed by atoms with Crippen molar-refractivity contribution in [1.29, 1.82) is 0 Å². The van der Waals surface area contributed by atoms with Gasteiger partial charge in [0.1, 0.15) is 12.4 Å². The minimum Gasteiger partial charge on any atom is -0.461 e. The number of esters is 1. The normalized spacial score (nSPS) is 17.7. The van der Waals surface area contributed by atoms with Crippen LogP contribution in [-0.4, -0.2) is 31.3 Å². The van der Waals surface area contributed by atoms with Crippen LogP contribution in [0.25, 0.3) is 22.2 Å². The lowest BCUT2D eigenvalue weighted by Crippen LogP contribution is -2.41. The number of ether oxygens (including phenoxy) is 1. The van der Waals surface area contributed by atoms with Gasteiger partial charge in [0, 0.05) is 35.0 Å². The first-order valence-corrected chi connectivity index (χ1v) is 16.9. The van der Waals surface area contributed by atoms with E-state index < -0.39 is 10.0 Å². The van der Waals surface area contributed by atoms with Gasteiger partial charge in [-0.3, -0.25) is 9.59 Å². The Hall–Kier alpha value is -4.02. The number of rotatable bonds is 11. The smallest absolute Gasteiger partial charge is 0.306 e. The summed E-state index contributed by atoms with van der Waals surface area (Å²) in [5.41, 5.74) is 4.20. The zero-order chi connectivity index (χ0) is 32.1. The number of halogens is 1. The molecule has 0 aliphatic heterocycles. The lowest BCUT2D eigenvalue weighted by Gasteiger charge is -2.29. The first-order valence-electron chi connectivity index (χ1n) is 15.4. The van der Waals surface area contributed by atoms with E-state index in [1.807, 2.05) is 51.1 Å². The molecule has 0 saturated heterocycles. The van der Waals surface area contributed by atoms with Gasteiger partial charge in [0.05, 0.1) is 10.9 Å². The number of amides is 1. The van der Waals surface area contributed by atoms with Gasteiger partial charge in [-0.2, -0.15) is 0 Å². The lowest BCUT2D eigenvalue weighted by atomic mass is 9.85. The van der Waals surface area contributed by atoms with Crippen molar-refractivity contribution in [2.24, 2.45) is 11.8 Å². The number of carbonyl (C=O) groups is 2. The highest BCUT2D eigenvalue weighted by Crippen LogP contribution is 2.29. The highest BCUT2D eigenvalue weighted by Gasteiger charge is 2.30. The van der Waals surface area contributed by atoms with Crippen molar-refractivity contribution in [3.63, 3.8) is 0 Å². The number of H-pyrrole nitrogens is 1. The zero-order valence-corrected chi connectivity index (χ0v) is 26.6. The highest BCUT2D eigenvalue weighted by molar-refractivity contribution is 7.89. The Kier molecular flexibility index (Phi) is 10.0. The molecule has 45 heavy (non-hydrogen) atoms. The summed E-state index contributed by atoms with van der Waals surface area (Å²) in [6.45, 7) is 6.03. The number of hydrogen-bond acceptors (Lipinski definition) is 5. The van der Waals surface area contributed by atoms with E-state index in [9.17, 15) is 22.4 Å². The van der Waals surface area contributed by atoms with Crippen molar-refractivity contribution in [3.05, 3.63) is 89.7 Å². The molecule has 8 nitrogen and oxygen atoms in total. The summed E-state index contributed by atoms with van der Waals surface area (Å²) in [7, 11) is -3.77. The molecule has 1 amide bonds. The number of aromatic nitrogens is 1. The van der Waals surface area contributed by atoms with E-state index in [1.165, 1.54) is 12.1 Å². The second kappa shape index (κ2) is 14.0. The van der Waals surface area contributed by atoms with Crippen molar-refractivity contribution in [2.75, 3.05) is 0 Å². The van der Waals surface area contributed by atoms with E-state index in [1.54, 1.807) is 30.3 Å². The maximum Gasteiger partial charge on any atom is 0.306 e. The molecule has 4 aromatic rings. The molecule has 1 aliphatic carbocycles. The summed E-state index contributed by atoms with van der Waals surface area (Å²) in [5, 5.41) is 3.89. The molecule has 1 heterocycles. The number of hydrogen-bond donors (Lipinski definition) is 3. The topological polar surface area (TPSA) is 117 Å². The zero-order valence-electron chi connectivity index (χ0n) is 25.8. The third-order valence-corrected chi connectivity index (χ3v) is 9.81. The molecule has 3 N–H and O–H groups in total. The SMILES string of the molecule is CC(C)CC(=O)OCc1ccc(-c2cc3ccc(S(=O)(=O)NC4CCC(C(=O)N[C@H](C)c5ccc(F)cc5)CC4)cc3[nH]2)cc1. The lowest BCUT2D eigenvalue weighted by molar-refractivity contribution is -0.145. The van der Waals surface area contributed by atoms with E-state index in [4.69, 9.17) is 4.74 Å². The largest absolute Gasteiger partial charge is 0.461 e. The van der Waals surface area contributed by atoms with E-state index in [-0.39, 0.29) is 53.1 Å². The van der Waals surface area contributed by atoms with E-state index >= 15 is 0 Å². The first kappa shape index (κ1) is 32.4. The molecule has 1 atom stereocenters. The predicted molar refractivity (Wildman–Crippen MR) is 172 cm³/mol. The second-order valence-corrected chi connectivity index (χ2v) is 14.1. The van der Waals surface area contributed by atoms with Crippen LogP contribution in [0.5, 0.6) is 0 Å². The quantitative estimate of drug-likeness (QED) is 0.158. The summed E-state index contributed by atoms with van der Waals surface area (Å²) in [4.78, 5) is 28.2. The molecule has 1 aromatic heterocycles. The van der Waals surface area contributed by atoms with Gasteiger partial charge in [-0.1, -0.05) is 56.3 Å². The van der Waals surface area contributed by atoms with Gasteiger partial charge < -0.3 is 15.0 Å². The molecule has 0 unspecified atom stereocenters. The van der Waals surface area contributed by atoms with Crippen LogP contribution in [0, 0.1) is 17.7 Å². The Labute approximate surface area is 263 Å². The predicted octanol–water partition coefficient (Wildman–Crippen LogP) is 6.78. The Morgan fingerprint density at radius 3 is 2.29 bits per heavy atom. The third kappa shape index (κ3) is 8.38. The van der Waals surface area contributed by atoms with Crippen LogP contribution in [0.2, 0.25) is 0 Å². The van der Waals surface area contributed by atoms with Crippen LogP contribution in [-0.2, 0) is 31.0 Å². The monoisotopic (exact) mass is 633 g/mol. The number of sulfonamides is 1. The Morgan fingerprint density at radius 1 is 0.933 bits per heavy atom. The molecular formula is C35H40FN3O5S. The van der Waals surface area contributed by atoms with Crippen LogP contribution in [0.15, 0.2) is 77.7 Å². The van der Waals surface area contributed by atoms with E-state index in [2.05, 4.69) is 15.0 Å². The molecule has 10 heteroatoms. The number of nitrogens with one attached hydrogen (secondary N) is 3. The first-order chi connectivity index (χ1) is 21.5. The van der Waals surface area contributed by atoms with E-state index in [0.29, 0.717) is 37.6 Å². The Bertz CT molecular complexity index is 1740. The fourth-order valence-corrected chi connectivity index (χ4v) is 7.02. The maximum absolute atomic E-state index is 13.3. The van der Waals surface area contributed by atoms with Gasteiger partial charge in [0.15, 0.2) is 0 Å². The van der Waals surface area contributed by atoms with Crippen molar-refractivity contribution in [1.82, 2.24) is 15.0 Å². The molecule has 238 valence electrons. The number of fused-ring (bicyclic) bond motifs is 1. The summed E-state index contributed by atoms with van der Waals surface area (Å²) in [6, 6.07) is 20.3. The maximum atomic E-state index is 13.3. The molecule has 1 aliphatic rings. The average Bonchev–Trinajstić information content (AvgIpc) is 3.44. The fourth-order valence-electron chi connectivity index (χ4n) is 5.69. The van der Waals surface area contributed by atoms with Crippen molar-refractivity contribution in [3.8, 4) is 11.3 Å². The third-order valence-electron chi connectivity index (χ3n) is 8.29. The molecule has 0 bridgehead atoms. The molecule has 1 saturated carbocycles. The number of carbonyl (C=O) groups excluding carboxylic acids is 2. The van der Waals surface area contributed by atoms with Crippen molar-refractivity contribution in [2.45, 2.75) is 76.5 Å². The minimum atomic E-state index is -3.77. The minimum absolute atomic E-state index is 0.0687. The van der Waals surface area contributed by atoms with Gasteiger partial charge in [0.2, 0.25) is 15.9 Å². The fraction of sp³-hybridized carbons (Fsp3) is 0.371. The molecule has 0 radical (unpaired) electrons. The molecule has 0 spiro atoms. The Morgan fingerprint density at radius 2 is 1.62 bits per heavy atom. The van der Waals surface area contributed by atoms with Crippen LogP contribution in [0.1, 0.15) is 70.0 Å². The van der Waals surface area contributed by atoms with Gasteiger partial charge >= 0.3 is 5.97 Å². The number of benzene rings is 3. The van der Waals surface area contributed by atoms with E-state index in [0.717, 1.165) is 27.8 Å². The molecular weight excluding hydrogens is 593 g/mol. The summed E-state index contributed by atoms with van der Waals surface area (Å²) in [6.07, 6.45) is 2.66. The van der Waals surface area contributed by atoms with Crippen molar-refractivity contribution >= 4 is 32.8 Å². The summed E-state index contributed by atoms with van der Waals surface area (Å²) < 4.78 is 48.0. The van der Waals surface area contributed by atoms with Crippen molar-refractivity contribution < 1.29 is 27.1 Å². The second-order valence-electron chi connectivity index (χ2n) is 12.3. The molecule has 3 aromatic carbocycles. The number of aromatic amines is 1. The molecule has 5 rings (SSSR count). The van der Waals surface area contributed by atoms with Crippen LogP contribution in [0.3, 0.4) is 0 Å². The van der Waals surface area contributed by atoms with Gasteiger partial charge in [-0.05, 0) is 85.5 Å². The molecule has 1 fully saturated rings. The summed E-state index contributed by atoms with van der Waals surface area (Å²) >= 11 is 0. The standard InChI is InChI=1S/C35H40FN3O5S/c1-22(2)18-34(40)44-21-24-4-6-26(7-5-24)32-19-28-12-17-31(20-33(28)38-32)45(42,43)39-30-15-10-27(11-16-30)35(41)37-23(3)25-8-13-29(36)14-9-25/h4-9,12-14,17,19-20,22-23,27,30,38-39H,10-11,15-16,18,21H2,1-3H3,(H,37,41)/t23-,27?,30?/m1/s1. The van der Waals surface area contributed by atoms with Crippen LogP contribution in [0.4, 0.5) is 4.39 Å². The van der Waals surface area contributed by atoms with Gasteiger partial charge in [-0.25, -0.2) is 17.5 Å². The Balaban J connectivity index is 1.16. The van der Waals surface area contributed by atoms with Crippen LogP contribution >= 0.6 is 0 Å². The van der Waals surface area contributed by atoms with Gasteiger partial charge in [-0.15, -0.1) is 0 Å². The van der Waals surface area contributed by atoms with Gasteiger partial charge in [0.25, 0.3) is 0 Å².